The van der Waals surface area contributed by atoms with Gasteiger partial charge in [-0.25, -0.2) is 9.59 Å². The van der Waals surface area contributed by atoms with Crippen LogP contribution in [-0.4, -0.2) is 30.0 Å². The summed E-state index contributed by atoms with van der Waals surface area (Å²) in [5.74, 6) is -0.327. The molecule has 0 unspecified atom stereocenters. The molecule has 7 heteroatoms. The lowest BCUT2D eigenvalue weighted by molar-refractivity contribution is -0.0400. The van der Waals surface area contributed by atoms with Crippen molar-refractivity contribution in [2.45, 2.75) is 18.4 Å². The van der Waals surface area contributed by atoms with Crippen molar-refractivity contribution in [2.75, 3.05) is 18.4 Å². The first kappa shape index (κ1) is 17.2. The smallest absolute Gasteiger partial charge is 0.339 e. The Labute approximate surface area is 160 Å². The summed E-state index contributed by atoms with van der Waals surface area (Å²) in [4.78, 5) is 26.6. The number of fused-ring (bicyclic) bond motifs is 2. The molecule has 2 aliphatic rings. The van der Waals surface area contributed by atoms with Crippen molar-refractivity contribution in [1.29, 1.82) is 0 Å². The summed E-state index contributed by atoms with van der Waals surface area (Å²) in [5.41, 5.74) is 1.24. The summed E-state index contributed by atoms with van der Waals surface area (Å²) >= 11 is 11.9. The van der Waals surface area contributed by atoms with Crippen LogP contribution in [0.3, 0.4) is 0 Å². The number of anilines is 1. The number of nitrogens with zero attached hydrogens (tertiary/aromatic N) is 1. The zero-order chi connectivity index (χ0) is 18.3. The molecule has 26 heavy (non-hydrogen) atoms. The van der Waals surface area contributed by atoms with Gasteiger partial charge in [-0.15, -0.1) is 0 Å². The number of ether oxygens (including phenoxy) is 1. The van der Waals surface area contributed by atoms with Gasteiger partial charge in [-0.3, -0.25) is 0 Å². The van der Waals surface area contributed by atoms with Gasteiger partial charge in [0.2, 0.25) is 0 Å². The lowest BCUT2D eigenvalue weighted by atomic mass is 9.85. The van der Waals surface area contributed by atoms with Crippen LogP contribution in [0.1, 0.15) is 28.8 Å². The molecule has 2 amide bonds. The third-order valence-corrected chi connectivity index (χ3v) is 5.58. The number of likely N-dealkylation sites (tertiary alicyclic amines) is 1. The molecule has 1 atom stereocenters. The third-order valence-electron chi connectivity index (χ3n) is 4.84. The number of carbonyl (C=O) groups excluding carboxylic acids is 2. The van der Waals surface area contributed by atoms with E-state index >= 15 is 0 Å². The Morgan fingerprint density at radius 3 is 2.77 bits per heavy atom. The second kappa shape index (κ2) is 6.49. The minimum atomic E-state index is -0.763. The molecule has 0 bridgehead atoms. The van der Waals surface area contributed by atoms with Crippen LogP contribution < -0.4 is 5.32 Å². The van der Waals surface area contributed by atoms with Gasteiger partial charge in [-0.05, 0) is 37.1 Å². The molecule has 2 aromatic carbocycles. The molecule has 2 aromatic rings. The van der Waals surface area contributed by atoms with Crippen molar-refractivity contribution >= 4 is 40.9 Å². The molecule has 5 nitrogen and oxygen atoms in total. The first-order chi connectivity index (χ1) is 12.5. The van der Waals surface area contributed by atoms with E-state index in [-0.39, 0.29) is 12.0 Å². The lowest BCUT2D eigenvalue weighted by Gasteiger charge is -2.39. The largest absolute Gasteiger partial charge is 0.449 e. The fourth-order valence-corrected chi connectivity index (χ4v) is 3.92. The zero-order valence-electron chi connectivity index (χ0n) is 13.8. The number of amides is 2. The first-order valence-electron chi connectivity index (χ1n) is 8.32. The minimum Gasteiger partial charge on any atom is -0.449 e. The van der Waals surface area contributed by atoms with Crippen LogP contribution in [0.25, 0.3) is 0 Å². The van der Waals surface area contributed by atoms with E-state index in [9.17, 15) is 9.59 Å². The van der Waals surface area contributed by atoms with Gasteiger partial charge in [-0.1, -0.05) is 41.4 Å². The van der Waals surface area contributed by atoms with E-state index in [0.29, 0.717) is 40.8 Å². The van der Waals surface area contributed by atoms with Crippen molar-refractivity contribution < 1.29 is 14.3 Å². The Hall–Kier alpha value is -2.24. The van der Waals surface area contributed by atoms with E-state index in [0.717, 1.165) is 12.0 Å². The number of urea groups is 1. The summed E-state index contributed by atoms with van der Waals surface area (Å²) in [6.45, 7) is 0.914. The van der Waals surface area contributed by atoms with Crippen molar-refractivity contribution in [3.63, 3.8) is 0 Å². The predicted octanol–water partition coefficient (Wildman–Crippen LogP) is 4.69. The highest BCUT2D eigenvalue weighted by molar-refractivity contribution is 6.42. The van der Waals surface area contributed by atoms with E-state index < -0.39 is 5.60 Å². The highest BCUT2D eigenvalue weighted by atomic mass is 35.5. The Morgan fingerprint density at radius 2 is 1.96 bits per heavy atom. The van der Waals surface area contributed by atoms with Gasteiger partial charge in [0.05, 0.1) is 22.2 Å². The summed E-state index contributed by atoms with van der Waals surface area (Å²) < 4.78 is 5.73. The standard InChI is InChI=1S/C19H16Cl2N2O3/c20-15-7-6-12(10-16(15)21)22-18(25)23-9-3-8-19(11-23)14-5-2-1-4-13(14)17(24)26-19/h1-2,4-7,10H,3,8-9,11H2,(H,22,25)/t19-/m1/s1. The van der Waals surface area contributed by atoms with Gasteiger partial charge in [0.15, 0.2) is 5.60 Å². The quantitative estimate of drug-likeness (QED) is 0.718. The van der Waals surface area contributed by atoms with Crippen LogP contribution in [0.4, 0.5) is 10.5 Å². The summed E-state index contributed by atoms with van der Waals surface area (Å²) in [7, 11) is 0. The highest BCUT2D eigenvalue weighted by Gasteiger charge is 2.48. The van der Waals surface area contributed by atoms with Crippen molar-refractivity contribution in [3.05, 3.63) is 63.6 Å². The molecular weight excluding hydrogens is 375 g/mol. The maximum atomic E-state index is 12.7. The summed E-state index contributed by atoms with van der Waals surface area (Å²) in [6.07, 6.45) is 1.45. The van der Waals surface area contributed by atoms with Crippen LogP contribution in [0.15, 0.2) is 42.5 Å². The molecular formula is C19H16Cl2N2O3. The van der Waals surface area contributed by atoms with E-state index in [1.165, 1.54) is 0 Å². The van der Waals surface area contributed by atoms with Gasteiger partial charge in [-0.2, -0.15) is 0 Å². The lowest BCUT2D eigenvalue weighted by Crippen LogP contribution is -2.50. The third kappa shape index (κ3) is 2.91. The topological polar surface area (TPSA) is 58.6 Å². The van der Waals surface area contributed by atoms with Crippen molar-refractivity contribution in [1.82, 2.24) is 4.90 Å². The van der Waals surface area contributed by atoms with E-state index in [1.807, 2.05) is 18.2 Å². The van der Waals surface area contributed by atoms with Crippen LogP contribution in [0, 0.1) is 0 Å². The maximum absolute atomic E-state index is 12.7. The van der Waals surface area contributed by atoms with E-state index in [1.54, 1.807) is 29.2 Å². The number of benzene rings is 2. The fraction of sp³-hybridized carbons (Fsp3) is 0.263. The number of esters is 1. The molecule has 2 heterocycles. The van der Waals surface area contributed by atoms with Crippen LogP contribution in [-0.2, 0) is 10.3 Å². The van der Waals surface area contributed by atoms with Gasteiger partial charge in [0.1, 0.15) is 0 Å². The Morgan fingerprint density at radius 1 is 1.15 bits per heavy atom. The summed E-state index contributed by atoms with van der Waals surface area (Å²) in [5, 5.41) is 3.62. The predicted molar refractivity (Wildman–Crippen MR) is 99.8 cm³/mol. The number of halogens is 2. The molecule has 4 rings (SSSR count). The SMILES string of the molecule is O=C1O[C@@]2(CCCN(C(=O)Nc3ccc(Cl)c(Cl)c3)C2)c2ccccc21. The van der Waals surface area contributed by atoms with E-state index in [2.05, 4.69) is 5.32 Å². The van der Waals surface area contributed by atoms with Crippen LogP contribution >= 0.6 is 23.2 Å². The molecule has 0 aromatic heterocycles. The molecule has 1 fully saturated rings. The Bertz CT molecular complexity index is 902. The molecule has 1 spiro atoms. The van der Waals surface area contributed by atoms with Crippen molar-refractivity contribution in [3.8, 4) is 0 Å². The van der Waals surface area contributed by atoms with Gasteiger partial charge in [0.25, 0.3) is 0 Å². The molecule has 0 aliphatic carbocycles. The first-order valence-corrected chi connectivity index (χ1v) is 9.08. The fourth-order valence-electron chi connectivity index (χ4n) is 3.62. The normalized spacial score (nSPS) is 21.5. The number of rotatable bonds is 1. The van der Waals surface area contributed by atoms with Gasteiger partial charge >= 0.3 is 12.0 Å². The van der Waals surface area contributed by atoms with Gasteiger partial charge in [0, 0.05) is 17.8 Å². The molecule has 134 valence electrons. The average molecular weight is 391 g/mol. The molecule has 2 aliphatic heterocycles. The number of hydrogen-bond acceptors (Lipinski definition) is 3. The zero-order valence-corrected chi connectivity index (χ0v) is 15.3. The highest BCUT2D eigenvalue weighted by Crippen LogP contribution is 2.42. The molecule has 0 saturated carbocycles. The van der Waals surface area contributed by atoms with Crippen LogP contribution in [0.2, 0.25) is 10.0 Å². The maximum Gasteiger partial charge on any atom is 0.339 e. The molecule has 0 radical (unpaired) electrons. The Balaban J connectivity index is 1.55. The van der Waals surface area contributed by atoms with E-state index in [4.69, 9.17) is 27.9 Å². The number of piperidine rings is 1. The number of nitrogens with one attached hydrogen (secondary N) is 1. The van der Waals surface area contributed by atoms with Gasteiger partial charge < -0.3 is 15.0 Å². The second-order valence-electron chi connectivity index (χ2n) is 6.51. The Kier molecular flexibility index (Phi) is 4.29. The van der Waals surface area contributed by atoms with Crippen molar-refractivity contribution in [2.24, 2.45) is 0 Å². The average Bonchev–Trinajstić information content (AvgIpc) is 2.90. The second-order valence-corrected chi connectivity index (χ2v) is 7.33. The number of hydrogen-bond donors (Lipinski definition) is 1. The minimum absolute atomic E-state index is 0.261. The molecule has 1 N–H and O–H groups in total. The summed E-state index contributed by atoms with van der Waals surface area (Å²) in [6, 6.07) is 12.0. The molecule has 1 saturated heterocycles. The monoisotopic (exact) mass is 390 g/mol. The van der Waals surface area contributed by atoms with Crippen LogP contribution in [0.5, 0.6) is 0 Å². The number of carbonyl (C=O) groups is 2.